The Bertz CT molecular complexity index is 325. The van der Waals surface area contributed by atoms with E-state index in [0.717, 1.165) is 6.42 Å². The molecular weight excluding hydrogens is 174 g/mol. The molecule has 0 aromatic heterocycles. The molecule has 0 heterocycles. The third-order valence-electron chi connectivity index (χ3n) is 3.83. The van der Waals surface area contributed by atoms with Crippen molar-refractivity contribution in [3.8, 4) is 0 Å². The van der Waals surface area contributed by atoms with Gasteiger partial charge in [-0.25, -0.2) is 0 Å². The van der Waals surface area contributed by atoms with Crippen LogP contribution in [0.15, 0.2) is 12.1 Å². The summed E-state index contributed by atoms with van der Waals surface area (Å²) < 4.78 is 15.3. The molecule has 2 unspecified atom stereocenters. The molecular formula is C12H21NO. The maximum atomic E-state index is 11.1. The van der Waals surface area contributed by atoms with Gasteiger partial charge in [-0.05, 0) is 18.9 Å². The average molecular weight is 199 g/mol. The summed E-state index contributed by atoms with van der Waals surface area (Å²) in [6, 6.07) is 0.597. The number of allylic oxidation sites excluding steroid dienone is 1. The van der Waals surface area contributed by atoms with Crippen molar-refractivity contribution in [3.05, 3.63) is 12.1 Å². The largest absolute Gasteiger partial charge is 0.313 e. The number of carbonyl (C=O) groups excluding carboxylic acids is 1. The van der Waals surface area contributed by atoms with E-state index >= 15 is 0 Å². The van der Waals surface area contributed by atoms with Gasteiger partial charge in [-0.1, -0.05) is 32.9 Å². The van der Waals surface area contributed by atoms with Crippen LogP contribution in [0.3, 0.4) is 0 Å². The molecule has 0 saturated heterocycles. The fourth-order valence-electron chi connectivity index (χ4n) is 2.46. The van der Waals surface area contributed by atoms with Crippen molar-refractivity contribution in [2.24, 2.45) is 10.8 Å². The summed E-state index contributed by atoms with van der Waals surface area (Å²) in [6.07, 6.45) is 2.17. The monoisotopic (exact) mass is 199 g/mol. The highest BCUT2D eigenvalue weighted by atomic mass is 16.1. The number of nitrogens with one attached hydrogen (secondary N) is 1. The van der Waals surface area contributed by atoms with Crippen molar-refractivity contribution < 1.29 is 7.54 Å². The molecule has 80 valence electrons. The SMILES string of the molecule is [3H]C(=O)CC1(CC)C([3H])=CC(NC)C1(C)C. The van der Waals surface area contributed by atoms with Crippen LogP contribution in [-0.2, 0) is 4.79 Å². The zero-order valence-corrected chi connectivity index (χ0v) is 9.48. The first-order valence-corrected chi connectivity index (χ1v) is 5.17. The van der Waals surface area contributed by atoms with E-state index < -0.39 is 11.7 Å². The molecule has 2 atom stereocenters. The van der Waals surface area contributed by atoms with Gasteiger partial charge in [-0.2, -0.15) is 0 Å². The van der Waals surface area contributed by atoms with Crippen LogP contribution in [0, 0.1) is 10.8 Å². The first-order chi connectivity index (χ1) is 7.31. The summed E-state index contributed by atoms with van der Waals surface area (Å²) in [6.45, 7) is 6.13. The van der Waals surface area contributed by atoms with Crippen molar-refractivity contribution in [1.29, 1.82) is 0 Å². The minimum absolute atomic E-state index is 0.0966. The Hall–Kier alpha value is -0.630. The molecule has 1 aliphatic rings. The molecule has 1 N–H and O–H groups in total. The second-order valence-corrected chi connectivity index (χ2v) is 4.56. The lowest BCUT2D eigenvalue weighted by atomic mass is 9.63. The lowest BCUT2D eigenvalue weighted by molar-refractivity contribution is -0.110. The van der Waals surface area contributed by atoms with E-state index in [1.165, 1.54) is 0 Å². The van der Waals surface area contributed by atoms with Crippen molar-refractivity contribution in [3.63, 3.8) is 0 Å². The molecule has 0 aliphatic heterocycles. The fraction of sp³-hybridized carbons (Fsp3) is 0.750. The fourth-order valence-corrected chi connectivity index (χ4v) is 2.46. The summed E-state index contributed by atoms with van der Waals surface area (Å²) >= 11 is 0. The van der Waals surface area contributed by atoms with Crippen LogP contribution in [0.25, 0.3) is 0 Å². The lowest BCUT2D eigenvalue weighted by Crippen LogP contribution is -2.45. The maximum absolute atomic E-state index is 11.1. The van der Waals surface area contributed by atoms with E-state index in [9.17, 15) is 4.79 Å². The normalized spacial score (nSPS) is 37.4. The van der Waals surface area contributed by atoms with Crippen LogP contribution >= 0.6 is 0 Å². The second-order valence-electron chi connectivity index (χ2n) is 4.56. The summed E-state index contributed by atoms with van der Waals surface area (Å²) in [5.74, 6) is 0. The molecule has 0 amide bonds. The maximum Gasteiger partial charge on any atom is 0.120 e. The van der Waals surface area contributed by atoms with Gasteiger partial charge in [-0.3, -0.25) is 0 Å². The van der Waals surface area contributed by atoms with Crippen molar-refractivity contribution in [2.75, 3.05) is 7.05 Å². The number of hydrogen-bond donors (Lipinski definition) is 1. The zero-order chi connectivity index (χ0) is 12.6. The molecule has 0 aromatic rings. The van der Waals surface area contributed by atoms with Crippen LogP contribution in [-0.4, -0.2) is 19.4 Å². The van der Waals surface area contributed by atoms with E-state index in [-0.39, 0.29) is 17.9 Å². The van der Waals surface area contributed by atoms with Gasteiger partial charge in [0.15, 0.2) is 0 Å². The Balaban J connectivity index is 3.18. The zero-order valence-electron chi connectivity index (χ0n) is 11.5. The molecule has 1 rings (SSSR count). The minimum Gasteiger partial charge on any atom is -0.313 e. The predicted molar refractivity (Wildman–Crippen MR) is 59.2 cm³/mol. The van der Waals surface area contributed by atoms with Crippen LogP contribution in [0.5, 0.6) is 0 Å². The Kier molecular flexibility index (Phi) is 2.38. The minimum atomic E-state index is -0.579. The highest BCUT2D eigenvalue weighted by molar-refractivity contribution is 5.53. The van der Waals surface area contributed by atoms with Crippen molar-refractivity contribution in [1.82, 2.24) is 5.32 Å². The smallest absolute Gasteiger partial charge is 0.120 e. The Morgan fingerprint density at radius 3 is 2.71 bits per heavy atom. The van der Waals surface area contributed by atoms with Gasteiger partial charge < -0.3 is 10.1 Å². The van der Waals surface area contributed by atoms with Crippen LogP contribution < -0.4 is 5.32 Å². The predicted octanol–water partition coefficient (Wildman–Crippen LogP) is 2.16. The second kappa shape index (κ2) is 3.85. The molecule has 0 aromatic carbocycles. The number of hydrogen-bond acceptors (Lipinski definition) is 2. The van der Waals surface area contributed by atoms with E-state index in [1.54, 1.807) is 0 Å². The third kappa shape index (κ3) is 1.42. The molecule has 0 bridgehead atoms. The molecule has 0 spiro atoms. The highest BCUT2D eigenvalue weighted by Gasteiger charge is 2.48. The average Bonchev–Trinajstić information content (AvgIpc) is 2.37. The third-order valence-corrected chi connectivity index (χ3v) is 3.83. The van der Waals surface area contributed by atoms with Gasteiger partial charge >= 0.3 is 0 Å². The van der Waals surface area contributed by atoms with E-state index in [4.69, 9.17) is 2.74 Å². The first-order valence-electron chi connectivity index (χ1n) is 6.17. The standard InChI is InChI=1S/C12H21NO/c1-5-12(8-9-14)7-6-10(13-4)11(12,2)3/h6-7,9-10,13H,5,8H2,1-4H3/i7T,9T. The quantitative estimate of drug-likeness (QED) is 0.555. The topological polar surface area (TPSA) is 29.1 Å². The van der Waals surface area contributed by atoms with Gasteiger partial charge in [-0.15, -0.1) is 0 Å². The number of likely N-dealkylation sites (N-methyl/N-ethyl adjacent to an activating group) is 1. The van der Waals surface area contributed by atoms with E-state index in [0.29, 0.717) is 6.05 Å². The summed E-state index contributed by atoms with van der Waals surface area (Å²) in [5, 5.41) is 3.18. The molecule has 14 heavy (non-hydrogen) atoms. The van der Waals surface area contributed by atoms with Gasteiger partial charge in [0.05, 0.1) is 1.37 Å². The molecule has 2 heteroatoms. The van der Waals surface area contributed by atoms with Crippen LogP contribution in [0.1, 0.15) is 36.4 Å². The number of rotatable bonds is 4. The highest BCUT2D eigenvalue weighted by Crippen LogP contribution is 2.52. The Morgan fingerprint density at radius 1 is 1.71 bits per heavy atom. The molecule has 0 saturated carbocycles. The van der Waals surface area contributed by atoms with Crippen LogP contribution in [0.4, 0.5) is 0 Å². The van der Waals surface area contributed by atoms with Crippen molar-refractivity contribution in [2.45, 2.75) is 39.7 Å². The van der Waals surface area contributed by atoms with E-state index in [2.05, 4.69) is 19.2 Å². The Labute approximate surface area is 89.6 Å². The summed E-state index contributed by atoms with van der Waals surface area (Å²) in [7, 11) is 1.87. The molecule has 1 aliphatic carbocycles. The first kappa shape index (κ1) is 8.66. The van der Waals surface area contributed by atoms with Gasteiger partial charge in [0.25, 0.3) is 0 Å². The number of carbonyl (C=O) groups is 1. The molecule has 0 radical (unpaired) electrons. The Morgan fingerprint density at radius 2 is 2.36 bits per heavy atom. The van der Waals surface area contributed by atoms with Gasteiger partial charge in [0, 0.05) is 17.9 Å². The summed E-state index contributed by atoms with van der Waals surface area (Å²) in [4.78, 5) is 11.1. The number of aldehydes is 1. The van der Waals surface area contributed by atoms with Crippen molar-refractivity contribution >= 4 is 6.26 Å². The van der Waals surface area contributed by atoms with Gasteiger partial charge in [0.1, 0.15) is 7.63 Å². The van der Waals surface area contributed by atoms with Crippen LogP contribution in [0.2, 0.25) is 0 Å². The van der Waals surface area contributed by atoms with Gasteiger partial charge in [0.2, 0.25) is 0 Å². The molecule has 2 nitrogen and oxygen atoms in total. The molecule has 0 fully saturated rings. The summed E-state index contributed by atoms with van der Waals surface area (Å²) in [5.41, 5.74) is -0.691. The van der Waals surface area contributed by atoms with E-state index in [1.807, 2.05) is 20.0 Å². The lowest BCUT2D eigenvalue weighted by Gasteiger charge is -2.43.